The first-order valence-electron chi connectivity index (χ1n) is 6.57. The number of amides is 2. The maximum Gasteiger partial charge on any atom is 0.319 e. The summed E-state index contributed by atoms with van der Waals surface area (Å²) in [4.78, 5) is 22.4. The molecule has 0 aliphatic heterocycles. The Kier molecular flexibility index (Phi) is 6.36. The van der Waals surface area contributed by atoms with Crippen molar-refractivity contribution in [2.75, 3.05) is 18.5 Å². The molecule has 6 heteroatoms. The first kappa shape index (κ1) is 15.8. The highest BCUT2D eigenvalue weighted by Gasteiger charge is 2.15. The summed E-state index contributed by atoms with van der Waals surface area (Å²) in [6.07, 6.45) is 0.471. The Morgan fingerprint density at radius 3 is 2.40 bits per heavy atom. The number of urea groups is 1. The van der Waals surface area contributed by atoms with Gasteiger partial charge in [0.1, 0.15) is 5.75 Å². The summed E-state index contributed by atoms with van der Waals surface area (Å²) >= 11 is 0. The quantitative estimate of drug-likeness (QED) is 0.715. The fraction of sp³-hybridized carbons (Fsp3) is 0.429. The Balaban J connectivity index is 2.43. The van der Waals surface area contributed by atoms with Gasteiger partial charge in [0.25, 0.3) is 0 Å². The third kappa shape index (κ3) is 5.17. The van der Waals surface area contributed by atoms with Crippen molar-refractivity contribution in [3.63, 3.8) is 0 Å². The zero-order valence-electron chi connectivity index (χ0n) is 11.7. The van der Waals surface area contributed by atoms with Crippen LogP contribution in [-0.2, 0) is 4.79 Å². The summed E-state index contributed by atoms with van der Waals surface area (Å²) in [6, 6.07) is 6.53. The molecule has 0 fully saturated rings. The Morgan fingerprint density at radius 2 is 1.90 bits per heavy atom. The van der Waals surface area contributed by atoms with Crippen LogP contribution in [-0.4, -0.2) is 30.3 Å². The Hall–Kier alpha value is -2.24. The van der Waals surface area contributed by atoms with Crippen LogP contribution in [0.15, 0.2) is 24.3 Å². The van der Waals surface area contributed by atoms with Crippen LogP contribution in [0, 0.1) is 5.92 Å². The van der Waals surface area contributed by atoms with Gasteiger partial charge in [0.15, 0.2) is 0 Å². The largest absolute Gasteiger partial charge is 0.494 e. The van der Waals surface area contributed by atoms with E-state index < -0.39 is 17.9 Å². The molecule has 1 unspecified atom stereocenters. The van der Waals surface area contributed by atoms with Crippen LogP contribution in [0.5, 0.6) is 5.75 Å². The van der Waals surface area contributed by atoms with Crippen molar-refractivity contribution in [3.05, 3.63) is 24.3 Å². The summed E-state index contributed by atoms with van der Waals surface area (Å²) in [6.45, 7) is 4.35. The number of carboxylic acid groups (broad SMARTS) is 1. The maximum absolute atomic E-state index is 11.6. The molecule has 0 heterocycles. The van der Waals surface area contributed by atoms with Crippen LogP contribution in [0.4, 0.5) is 10.5 Å². The van der Waals surface area contributed by atoms with Crippen molar-refractivity contribution < 1.29 is 19.4 Å². The molecular weight excluding hydrogens is 260 g/mol. The second-order valence-electron chi connectivity index (χ2n) is 4.24. The minimum atomic E-state index is -0.908. The first-order valence-corrected chi connectivity index (χ1v) is 6.57. The lowest BCUT2D eigenvalue weighted by Crippen LogP contribution is -2.35. The first-order chi connectivity index (χ1) is 9.56. The molecule has 0 aliphatic rings. The van der Waals surface area contributed by atoms with Gasteiger partial charge in [-0.25, -0.2) is 4.79 Å². The second-order valence-corrected chi connectivity index (χ2v) is 4.24. The maximum atomic E-state index is 11.6. The van der Waals surface area contributed by atoms with Crippen molar-refractivity contribution in [3.8, 4) is 5.75 Å². The number of carbonyl (C=O) groups excluding carboxylic acids is 1. The number of ether oxygens (including phenoxy) is 1. The van der Waals surface area contributed by atoms with E-state index in [2.05, 4.69) is 10.6 Å². The number of carbonyl (C=O) groups is 2. The molecule has 1 rings (SSSR count). The fourth-order valence-corrected chi connectivity index (χ4v) is 1.60. The Labute approximate surface area is 118 Å². The molecule has 1 aromatic rings. The van der Waals surface area contributed by atoms with E-state index in [1.807, 2.05) is 6.92 Å². The van der Waals surface area contributed by atoms with Crippen molar-refractivity contribution >= 4 is 17.7 Å². The average molecular weight is 280 g/mol. The van der Waals surface area contributed by atoms with Crippen LogP contribution in [0.1, 0.15) is 20.3 Å². The van der Waals surface area contributed by atoms with Gasteiger partial charge in [-0.15, -0.1) is 0 Å². The van der Waals surface area contributed by atoms with Crippen molar-refractivity contribution in [1.82, 2.24) is 5.32 Å². The van der Waals surface area contributed by atoms with Crippen molar-refractivity contribution in [2.24, 2.45) is 5.92 Å². The number of rotatable bonds is 7. The number of aliphatic carboxylic acids is 1. The minimum Gasteiger partial charge on any atom is -0.494 e. The molecule has 0 radical (unpaired) electrons. The third-order valence-electron chi connectivity index (χ3n) is 2.77. The van der Waals surface area contributed by atoms with Gasteiger partial charge in [0.05, 0.1) is 12.5 Å². The fourth-order valence-electron chi connectivity index (χ4n) is 1.60. The molecule has 1 atom stereocenters. The number of nitrogens with one attached hydrogen (secondary N) is 2. The van der Waals surface area contributed by atoms with E-state index in [1.165, 1.54) is 0 Å². The minimum absolute atomic E-state index is 0.106. The lowest BCUT2D eigenvalue weighted by Gasteiger charge is -2.12. The van der Waals surface area contributed by atoms with E-state index >= 15 is 0 Å². The number of carboxylic acids is 1. The topological polar surface area (TPSA) is 87.7 Å². The highest BCUT2D eigenvalue weighted by molar-refractivity contribution is 5.89. The molecule has 110 valence electrons. The molecule has 0 bridgehead atoms. The molecule has 3 N–H and O–H groups in total. The summed E-state index contributed by atoms with van der Waals surface area (Å²) in [5, 5.41) is 14.0. The average Bonchev–Trinajstić information content (AvgIpc) is 2.41. The molecule has 1 aromatic carbocycles. The van der Waals surface area contributed by atoms with Crippen LogP contribution in [0.3, 0.4) is 0 Å². The molecule has 6 nitrogen and oxygen atoms in total. The number of hydrogen-bond donors (Lipinski definition) is 3. The molecule has 20 heavy (non-hydrogen) atoms. The van der Waals surface area contributed by atoms with Crippen molar-refractivity contribution in [2.45, 2.75) is 20.3 Å². The van der Waals surface area contributed by atoms with Crippen LogP contribution in [0.25, 0.3) is 0 Å². The van der Waals surface area contributed by atoms with Crippen LogP contribution in [0.2, 0.25) is 0 Å². The van der Waals surface area contributed by atoms with Gasteiger partial charge in [-0.2, -0.15) is 0 Å². The van der Waals surface area contributed by atoms with Crippen LogP contribution < -0.4 is 15.4 Å². The van der Waals surface area contributed by atoms with E-state index in [-0.39, 0.29) is 6.54 Å². The van der Waals surface area contributed by atoms with E-state index in [0.717, 1.165) is 5.75 Å². The standard InChI is InChI=1S/C14H20N2O4/c1-3-10(13(17)18)9-15-14(19)16-11-5-7-12(8-6-11)20-4-2/h5-8,10H,3-4,9H2,1-2H3,(H,17,18)(H2,15,16,19). The Bertz CT molecular complexity index is 445. The van der Waals surface area contributed by atoms with E-state index in [9.17, 15) is 9.59 Å². The second kappa shape index (κ2) is 8.04. The molecule has 0 aromatic heterocycles. The third-order valence-corrected chi connectivity index (χ3v) is 2.77. The monoisotopic (exact) mass is 280 g/mol. The lowest BCUT2D eigenvalue weighted by atomic mass is 10.1. The van der Waals surface area contributed by atoms with Gasteiger partial charge < -0.3 is 20.5 Å². The van der Waals surface area contributed by atoms with Gasteiger partial charge in [0.2, 0.25) is 0 Å². The van der Waals surface area contributed by atoms with E-state index in [4.69, 9.17) is 9.84 Å². The summed E-state index contributed by atoms with van der Waals surface area (Å²) in [7, 11) is 0. The smallest absolute Gasteiger partial charge is 0.319 e. The molecule has 0 saturated carbocycles. The highest BCUT2D eigenvalue weighted by atomic mass is 16.5. The van der Waals surface area contributed by atoms with Gasteiger partial charge in [-0.1, -0.05) is 6.92 Å². The molecule has 0 saturated heterocycles. The predicted molar refractivity (Wildman–Crippen MR) is 76.0 cm³/mol. The molecule has 0 spiro atoms. The molecule has 2 amide bonds. The SMILES string of the molecule is CCOc1ccc(NC(=O)NCC(CC)C(=O)O)cc1. The van der Waals surface area contributed by atoms with Gasteiger partial charge in [-0.3, -0.25) is 4.79 Å². The summed E-state index contributed by atoms with van der Waals surface area (Å²) < 4.78 is 5.29. The van der Waals surface area contributed by atoms with E-state index in [0.29, 0.717) is 18.7 Å². The number of anilines is 1. The molecule has 0 aliphatic carbocycles. The van der Waals surface area contributed by atoms with E-state index in [1.54, 1.807) is 31.2 Å². The predicted octanol–water partition coefficient (Wildman–Crippen LogP) is 2.32. The molecular formula is C14H20N2O4. The summed E-state index contributed by atoms with van der Waals surface area (Å²) in [5.74, 6) is -0.745. The normalized spacial score (nSPS) is 11.5. The number of benzene rings is 1. The van der Waals surface area contributed by atoms with Gasteiger partial charge in [-0.05, 0) is 37.6 Å². The number of hydrogen-bond acceptors (Lipinski definition) is 3. The Morgan fingerprint density at radius 1 is 1.25 bits per heavy atom. The van der Waals surface area contributed by atoms with Crippen molar-refractivity contribution in [1.29, 1.82) is 0 Å². The van der Waals surface area contributed by atoms with Gasteiger partial charge >= 0.3 is 12.0 Å². The highest BCUT2D eigenvalue weighted by Crippen LogP contribution is 2.15. The zero-order valence-corrected chi connectivity index (χ0v) is 11.7. The van der Waals surface area contributed by atoms with Gasteiger partial charge in [0, 0.05) is 12.2 Å². The summed E-state index contributed by atoms with van der Waals surface area (Å²) in [5.41, 5.74) is 0.620. The van der Waals surface area contributed by atoms with Crippen LogP contribution >= 0.6 is 0 Å². The lowest BCUT2D eigenvalue weighted by molar-refractivity contribution is -0.141. The zero-order chi connectivity index (χ0) is 15.0.